The zero-order valence-corrected chi connectivity index (χ0v) is 14.2. The molecule has 1 aromatic rings. The van der Waals surface area contributed by atoms with Gasteiger partial charge >= 0.3 is 0 Å². The molecule has 0 unspecified atom stereocenters. The maximum absolute atomic E-state index is 11.9. The lowest BCUT2D eigenvalue weighted by atomic mass is 10.1. The number of hydrogen-bond acceptors (Lipinski definition) is 4. The molecule has 5 nitrogen and oxygen atoms in total. The van der Waals surface area contributed by atoms with Crippen molar-refractivity contribution in [2.75, 3.05) is 16.4 Å². The van der Waals surface area contributed by atoms with E-state index in [-0.39, 0.29) is 28.7 Å². The fourth-order valence-electron chi connectivity index (χ4n) is 2.89. The zero-order chi connectivity index (χ0) is 15.9. The van der Waals surface area contributed by atoms with Crippen LogP contribution in [-0.2, 0) is 21.1 Å². The van der Waals surface area contributed by atoms with Crippen LogP contribution in [0.4, 0.5) is 5.69 Å². The first kappa shape index (κ1) is 15.6. The number of aliphatic imine (C=N–C) groups is 1. The van der Waals surface area contributed by atoms with E-state index in [1.807, 2.05) is 29.2 Å². The highest BCUT2D eigenvalue weighted by Gasteiger charge is 2.49. The molecule has 118 valence electrons. The van der Waals surface area contributed by atoms with Crippen LogP contribution in [0.15, 0.2) is 29.3 Å². The Morgan fingerprint density at radius 1 is 1.32 bits per heavy atom. The lowest BCUT2D eigenvalue weighted by molar-refractivity contribution is -0.115. The minimum absolute atomic E-state index is 0.0473. The van der Waals surface area contributed by atoms with Crippen molar-refractivity contribution in [3.63, 3.8) is 0 Å². The Kier molecular flexibility index (Phi) is 4.03. The van der Waals surface area contributed by atoms with Gasteiger partial charge in [-0.3, -0.25) is 4.79 Å². The highest BCUT2D eigenvalue weighted by Crippen LogP contribution is 2.40. The van der Waals surface area contributed by atoms with E-state index in [4.69, 9.17) is 0 Å². The molecule has 2 aliphatic heterocycles. The summed E-state index contributed by atoms with van der Waals surface area (Å²) < 4.78 is 23.8. The summed E-state index contributed by atoms with van der Waals surface area (Å²) in [5.74, 6) is 0.0143. The standard InChI is InChI=1S/C15H18N2O3S2/c1-3-11-4-6-12(7-5-11)17-13-8-22(19,20)9-14(13)21-15(17)16-10(2)18/h4-7,13-14H,3,8-9H2,1-2H3/t13-,14-/m0/s1. The number of nitrogens with zero attached hydrogens (tertiary/aromatic N) is 2. The van der Waals surface area contributed by atoms with Crippen LogP contribution in [0.2, 0.25) is 0 Å². The number of amidine groups is 1. The van der Waals surface area contributed by atoms with Crippen LogP contribution in [0.25, 0.3) is 0 Å². The molecule has 0 spiro atoms. The lowest BCUT2D eigenvalue weighted by Gasteiger charge is -2.24. The van der Waals surface area contributed by atoms with Gasteiger partial charge in [-0.05, 0) is 24.1 Å². The number of anilines is 1. The van der Waals surface area contributed by atoms with Crippen molar-refractivity contribution < 1.29 is 13.2 Å². The molecule has 0 aliphatic carbocycles. The highest BCUT2D eigenvalue weighted by atomic mass is 32.2. The van der Waals surface area contributed by atoms with Gasteiger partial charge in [0.2, 0.25) is 5.91 Å². The summed E-state index contributed by atoms with van der Waals surface area (Å²) in [5.41, 5.74) is 2.12. The van der Waals surface area contributed by atoms with Gasteiger partial charge in [0.25, 0.3) is 0 Å². The van der Waals surface area contributed by atoms with Gasteiger partial charge in [-0.1, -0.05) is 30.8 Å². The van der Waals surface area contributed by atoms with Crippen LogP contribution >= 0.6 is 11.8 Å². The molecule has 1 amide bonds. The van der Waals surface area contributed by atoms with Gasteiger partial charge in [0.05, 0.1) is 17.5 Å². The number of sulfone groups is 1. The fraction of sp³-hybridized carbons (Fsp3) is 0.467. The number of benzene rings is 1. The SMILES string of the molecule is CCc1ccc(N2C(=NC(C)=O)S[C@H]3CS(=O)(=O)C[C@@H]32)cc1. The monoisotopic (exact) mass is 338 g/mol. The number of aryl methyl sites for hydroxylation is 1. The van der Waals surface area contributed by atoms with Crippen LogP contribution in [0.5, 0.6) is 0 Å². The molecule has 0 aromatic heterocycles. The largest absolute Gasteiger partial charge is 0.316 e. The first-order valence-electron chi connectivity index (χ1n) is 7.24. The normalized spacial score (nSPS) is 28.1. The van der Waals surface area contributed by atoms with Crippen LogP contribution in [0.1, 0.15) is 19.4 Å². The summed E-state index contributed by atoms with van der Waals surface area (Å²) in [5, 5.41) is 0.565. The summed E-state index contributed by atoms with van der Waals surface area (Å²) in [6.45, 7) is 3.50. The van der Waals surface area contributed by atoms with Crippen LogP contribution in [-0.4, -0.2) is 42.3 Å². The van der Waals surface area contributed by atoms with Gasteiger partial charge in [-0.2, -0.15) is 4.99 Å². The van der Waals surface area contributed by atoms with Crippen molar-refractivity contribution in [2.24, 2.45) is 4.99 Å². The number of thioether (sulfide) groups is 1. The Morgan fingerprint density at radius 3 is 2.59 bits per heavy atom. The summed E-state index contributed by atoms with van der Waals surface area (Å²) >= 11 is 1.40. The van der Waals surface area contributed by atoms with Gasteiger partial charge in [0.1, 0.15) is 0 Å². The summed E-state index contributed by atoms with van der Waals surface area (Å²) in [4.78, 5) is 17.4. The molecule has 2 atom stereocenters. The Morgan fingerprint density at radius 2 is 2.00 bits per heavy atom. The third kappa shape index (κ3) is 2.92. The molecule has 22 heavy (non-hydrogen) atoms. The van der Waals surface area contributed by atoms with Crippen molar-refractivity contribution in [1.82, 2.24) is 0 Å². The van der Waals surface area contributed by atoms with Gasteiger partial charge < -0.3 is 4.90 Å². The van der Waals surface area contributed by atoms with Crippen LogP contribution in [0, 0.1) is 0 Å². The van der Waals surface area contributed by atoms with Crippen molar-refractivity contribution in [3.8, 4) is 0 Å². The van der Waals surface area contributed by atoms with Crippen molar-refractivity contribution in [3.05, 3.63) is 29.8 Å². The Bertz CT molecular complexity index is 726. The van der Waals surface area contributed by atoms with Gasteiger partial charge in [0.15, 0.2) is 15.0 Å². The van der Waals surface area contributed by atoms with Gasteiger partial charge in [0, 0.05) is 17.9 Å². The number of carbonyl (C=O) groups is 1. The number of carbonyl (C=O) groups excluding carboxylic acids is 1. The fourth-order valence-corrected chi connectivity index (χ4v) is 6.85. The second-order valence-corrected chi connectivity index (χ2v) is 8.96. The number of rotatable bonds is 2. The molecule has 2 heterocycles. The summed E-state index contributed by atoms with van der Waals surface area (Å²) in [6.07, 6.45) is 0.948. The molecule has 3 rings (SSSR count). The highest BCUT2D eigenvalue weighted by molar-refractivity contribution is 8.16. The van der Waals surface area contributed by atoms with Crippen LogP contribution in [0.3, 0.4) is 0 Å². The topological polar surface area (TPSA) is 66.8 Å². The molecule has 0 radical (unpaired) electrons. The lowest BCUT2D eigenvalue weighted by Crippen LogP contribution is -2.37. The quantitative estimate of drug-likeness (QED) is 0.823. The Balaban J connectivity index is 2.00. The van der Waals surface area contributed by atoms with E-state index in [0.717, 1.165) is 12.1 Å². The smallest absolute Gasteiger partial charge is 0.244 e. The average Bonchev–Trinajstić information content (AvgIpc) is 2.89. The number of amides is 1. The maximum atomic E-state index is 11.9. The third-order valence-corrected chi connectivity index (χ3v) is 7.15. The predicted octanol–water partition coefficient (Wildman–Crippen LogP) is 1.87. The first-order chi connectivity index (χ1) is 10.4. The van der Waals surface area contributed by atoms with E-state index < -0.39 is 9.84 Å². The molecule has 2 saturated heterocycles. The average molecular weight is 338 g/mol. The molecular formula is C15H18N2O3S2. The molecule has 0 bridgehead atoms. The van der Waals surface area contributed by atoms with Crippen LogP contribution < -0.4 is 4.90 Å². The molecule has 1 aromatic carbocycles. The van der Waals surface area contributed by atoms with Crippen molar-refractivity contribution in [1.29, 1.82) is 0 Å². The molecule has 2 aliphatic rings. The number of hydrogen-bond donors (Lipinski definition) is 0. The molecule has 0 N–H and O–H groups in total. The third-order valence-electron chi connectivity index (χ3n) is 3.94. The molecule has 0 saturated carbocycles. The molecule has 2 fully saturated rings. The second-order valence-electron chi connectivity index (χ2n) is 5.60. The number of fused-ring (bicyclic) bond motifs is 1. The molecular weight excluding hydrogens is 320 g/mol. The van der Waals surface area contributed by atoms with E-state index in [2.05, 4.69) is 11.9 Å². The predicted molar refractivity (Wildman–Crippen MR) is 90.2 cm³/mol. The van der Waals surface area contributed by atoms with E-state index in [1.165, 1.54) is 24.2 Å². The molecule has 7 heteroatoms. The first-order valence-corrected chi connectivity index (χ1v) is 9.94. The van der Waals surface area contributed by atoms with E-state index in [1.54, 1.807) is 0 Å². The summed E-state index contributed by atoms with van der Waals surface area (Å²) in [6, 6.07) is 7.87. The van der Waals surface area contributed by atoms with E-state index in [9.17, 15) is 13.2 Å². The van der Waals surface area contributed by atoms with Crippen molar-refractivity contribution >= 4 is 38.4 Å². The maximum Gasteiger partial charge on any atom is 0.244 e. The Hall–Kier alpha value is -1.34. The van der Waals surface area contributed by atoms with E-state index in [0.29, 0.717) is 5.17 Å². The zero-order valence-electron chi connectivity index (χ0n) is 12.5. The minimum atomic E-state index is -3.01. The Labute approximate surface area is 134 Å². The van der Waals surface area contributed by atoms with Gasteiger partial charge in [-0.25, -0.2) is 8.42 Å². The van der Waals surface area contributed by atoms with Gasteiger partial charge in [-0.15, -0.1) is 0 Å². The summed E-state index contributed by atoms with van der Waals surface area (Å²) in [7, 11) is -3.01. The second kappa shape index (κ2) is 5.70. The van der Waals surface area contributed by atoms with E-state index >= 15 is 0 Å². The van der Waals surface area contributed by atoms with Crippen molar-refractivity contribution in [2.45, 2.75) is 31.6 Å². The minimum Gasteiger partial charge on any atom is -0.316 e.